The number of benzene rings is 2. The zero-order valence-corrected chi connectivity index (χ0v) is 16.5. The Morgan fingerprint density at radius 1 is 1.04 bits per heavy atom. The monoisotopic (exact) mass is 366 g/mol. The third-order valence-electron chi connectivity index (χ3n) is 5.06. The molecule has 1 heterocycles. The molecule has 1 saturated heterocycles. The van der Waals surface area contributed by atoms with E-state index in [0.717, 1.165) is 17.9 Å². The van der Waals surface area contributed by atoms with Gasteiger partial charge < -0.3 is 10.1 Å². The Bertz CT molecular complexity index is 749. The Labute approximate surface area is 162 Å². The molecule has 2 aromatic carbocycles. The number of hydrogen-bond donors (Lipinski definition) is 1. The molecular formula is C23H30N2O2. The summed E-state index contributed by atoms with van der Waals surface area (Å²) < 4.78 is 5.79. The van der Waals surface area contributed by atoms with Gasteiger partial charge in [-0.05, 0) is 74.7 Å². The van der Waals surface area contributed by atoms with Gasteiger partial charge in [0.25, 0.3) is 5.91 Å². The smallest absolute Gasteiger partial charge is 0.251 e. The van der Waals surface area contributed by atoms with E-state index in [1.807, 2.05) is 32.0 Å². The Kier molecular flexibility index (Phi) is 6.88. The highest BCUT2D eigenvalue weighted by atomic mass is 16.5. The van der Waals surface area contributed by atoms with E-state index in [0.29, 0.717) is 18.7 Å². The summed E-state index contributed by atoms with van der Waals surface area (Å²) in [5, 5.41) is 2.93. The molecule has 1 amide bonds. The lowest BCUT2D eigenvalue weighted by Crippen LogP contribution is -2.29. The van der Waals surface area contributed by atoms with Gasteiger partial charge in [0, 0.05) is 12.1 Å². The second-order valence-electron chi connectivity index (χ2n) is 7.41. The summed E-state index contributed by atoms with van der Waals surface area (Å²) >= 11 is 0. The van der Waals surface area contributed by atoms with E-state index in [2.05, 4.69) is 34.5 Å². The van der Waals surface area contributed by atoms with Crippen LogP contribution in [0.2, 0.25) is 0 Å². The Morgan fingerprint density at radius 2 is 1.78 bits per heavy atom. The molecule has 0 spiro atoms. The molecule has 27 heavy (non-hydrogen) atoms. The van der Waals surface area contributed by atoms with Gasteiger partial charge in [0.2, 0.25) is 0 Å². The van der Waals surface area contributed by atoms with Crippen molar-refractivity contribution >= 4 is 5.91 Å². The zero-order chi connectivity index (χ0) is 19.1. The molecule has 1 fully saturated rings. The standard InChI is InChI=1S/C23H30N2O2/c1-18-6-7-19(2)22(16-18)27-15-12-24-23(26)21-10-8-20(9-11-21)17-25-13-4-3-5-14-25/h6-11,16H,3-5,12-15,17H2,1-2H3,(H,24,26). The lowest BCUT2D eigenvalue weighted by molar-refractivity contribution is 0.0947. The van der Waals surface area contributed by atoms with Gasteiger partial charge in [-0.25, -0.2) is 0 Å². The summed E-state index contributed by atoms with van der Waals surface area (Å²) in [5.74, 6) is 0.829. The molecule has 0 atom stereocenters. The Balaban J connectivity index is 1.43. The third-order valence-corrected chi connectivity index (χ3v) is 5.06. The van der Waals surface area contributed by atoms with Crippen LogP contribution in [0.1, 0.15) is 46.3 Å². The van der Waals surface area contributed by atoms with E-state index in [1.165, 1.54) is 43.5 Å². The maximum atomic E-state index is 12.3. The van der Waals surface area contributed by atoms with Gasteiger partial charge in [-0.3, -0.25) is 9.69 Å². The van der Waals surface area contributed by atoms with Crippen LogP contribution < -0.4 is 10.1 Å². The second-order valence-corrected chi connectivity index (χ2v) is 7.41. The number of rotatable bonds is 7. The van der Waals surface area contributed by atoms with Crippen molar-refractivity contribution in [2.24, 2.45) is 0 Å². The van der Waals surface area contributed by atoms with Crippen LogP contribution >= 0.6 is 0 Å². The maximum Gasteiger partial charge on any atom is 0.251 e. The number of carbonyl (C=O) groups excluding carboxylic acids is 1. The summed E-state index contributed by atoms with van der Waals surface area (Å²) in [6.07, 6.45) is 3.94. The summed E-state index contributed by atoms with van der Waals surface area (Å²) in [7, 11) is 0. The van der Waals surface area contributed by atoms with Crippen molar-refractivity contribution in [3.63, 3.8) is 0 Å². The van der Waals surface area contributed by atoms with Crippen molar-refractivity contribution in [3.05, 3.63) is 64.7 Å². The van der Waals surface area contributed by atoms with E-state index < -0.39 is 0 Å². The van der Waals surface area contributed by atoms with Crippen LogP contribution in [-0.2, 0) is 6.54 Å². The minimum absolute atomic E-state index is 0.0518. The number of nitrogens with zero attached hydrogens (tertiary/aromatic N) is 1. The SMILES string of the molecule is Cc1ccc(C)c(OCCNC(=O)c2ccc(CN3CCCCC3)cc2)c1. The van der Waals surface area contributed by atoms with Crippen LogP contribution in [-0.4, -0.2) is 37.0 Å². The molecule has 0 saturated carbocycles. The van der Waals surface area contributed by atoms with Crippen LogP contribution in [0.4, 0.5) is 0 Å². The highest BCUT2D eigenvalue weighted by Gasteiger charge is 2.11. The molecule has 144 valence electrons. The number of carbonyl (C=O) groups is 1. The summed E-state index contributed by atoms with van der Waals surface area (Å²) in [6, 6.07) is 14.1. The molecule has 1 aliphatic heterocycles. The highest BCUT2D eigenvalue weighted by molar-refractivity contribution is 5.94. The Morgan fingerprint density at radius 3 is 2.52 bits per heavy atom. The molecule has 3 rings (SSSR count). The largest absolute Gasteiger partial charge is 0.491 e. The highest BCUT2D eigenvalue weighted by Crippen LogP contribution is 2.18. The maximum absolute atomic E-state index is 12.3. The van der Waals surface area contributed by atoms with Crippen LogP contribution in [0.15, 0.2) is 42.5 Å². The molecule has 1 aliphatic rings. The summed E-state index contributed by atoms with van der Waals surface area (Å²) in [5.41, 5.74) is 4.25. The fourth-order valence-electron chi connectivity index (χ4n) is 3.43. The van der Waals surface area contributed by atoms with Crippen LogP contribution in [0.5, 0.6) is 5.75 Å². The normalized spacial score (nSPS) is 14.7. The van der Waals surface area contributed by atoms with Crippen molar-refractivity contribution in [2.75, 3.05) is 26.2 Å². The van der Waals surface area contributed by atoms with Crippen molar-refractivity contribution in [1.29, 1.82) is 0 Å². The molecule has 0 radical (unpaired) electrons. The minimum Gasteiger partial charge on any atom is -0.491 e. The van der Waals surface area contributed by atoms with Gasteiger partial charge in [-0.15, -0.1) is 0 Å². The van der Waals surface area contributed by atoms with E-state index in [1.54, 1.807) is 0 Å². The molecule has 0 bridgehead atoms. The number of amides is 1. The number of hydrogen-bond acceptors (Lipinski definition) is 3. The van der Waals surface area contributed by atoms with Gasteiger partial charge in [0.15, 0.2) is 0 Å². The predicted octanol–water partition coefficient (Wildman–Crippen LogP) is 4.10. The lowest BCUT2D eigenvalue weighted by Gasteiger charge is -2.26. The number of ether oxygens (including phenoxy) is 1. The Hall–Kier alpha value is -2.33. The molecule has 2 aromatic rings. The van der Waals surface area contributed by atoms with Gasteiger partial charge >= 0.3 is 0 Å². The van der Waals surface area contributed by atoms with Gasteiger partial charge in [0.1, 0.15) is 12.4 Å². The number of aryl methyl sites for hydroxylation is 2. The first kappa shape index (κ1) is 19.4. The first-order valence-corrected chi connectivity index (χ1v) is 9.91. The van der Waals surface area contributed by atoms with E-state index >= 15 is 0 Å². The quantitative estimate of drug-likeness (QED) is 0.750. The zero-order valence-electron chi connectivity index (χ0n) is 16.5. The minimum atomic E-state index is -0.0518. The number of likely N-dealkylation sites (tertiary alicyclic amines) is 1. The molecular weight excluding hydrogens is 336 g/mol. The fraction of sp³-hybridized carbons (Fsp3) is 0.435. The van der Waals surface area contributed by atoms with Crippen molar-refractivity contribution in [2.45, 2.75) is 39.7 Å². The van der Waals surface area contributed by atoms with Gasteiger partial charge in [-0.2, -0.15) is 0 Å². The van der Waals surface area contributed by atoms with Crippen molar-refractivity contribution in [1.82, 2.24) is 10.2 Å². The van der Waals surface area contributed by atoms with Crippen molar-refractivity contribution < 1.29 is 9.53 Å². The number of piperidine rings is 1. The van der Waals surface area contributed by atoms with E-state index in [4.69, 9.17) is 4.74 Å². The van der Waals surface area contributed by atoms with E-state index in [-0.39, 0.29) is 5.91 Å². The van der Waals surface area contributed by atoms with Gasteiger partial charge in [-0.1, -0.05) is 30.7 Å². The van der Waals surface area contributed by atoms with E-state index in [9.17, 15) is 4.79 Å². The van der Waals surface area contributed by atoms with Crippen LogP contribution in [0, 0.1) is 13.8 Å². The van der Waals surface area contributed by atoms with Crippen molar-refractivity contribution in [3.8, 4) is 5.75 Å². The topological polar surface area (TPSA) is 41.6 Å². The molecule has 0 unspecified atom stereocenters. The summed E-state index contributed by atoms with van der Waals surface area (Å²) in [4.78, 5) is 14.8. The van der Waals surface area contributed by atoms with Crippen LogP contribution in [0.3, 0.4) is 0 Å². The average Bonchev–Trinajstić information content (AvgIpc) is 2.69. The molecule has 4 nitrogen and oxygen atoms in total. The third kappa shape index (κ3) is 5.83. The first-order valence-electron chi connectivity index (χ1n) is 9.91. The second kappa shape index (κ2) is 9.56. The lowest BCUT2D eigenvalue weighted by atomic mass is 10.1. The molecule has 1 N–H and O–H groups in total. The molecule has 4 heteroatoms. The van der Waals surface area contributed by atoms with Gasteiger partial charge in [0.05, 0.1) is 6.54 Å². The van der Waals surface area contributed by atoms with Crippen LogP contribution in [0.25, 0.3) is 0 Å². The predicted molar refractivity (Wildman–Crippen MR) is 109 cm³/mol. The fourth-order valence-corrected chi connectivity index (χ4v) is 3.43. The molecule has 0 aliphatic carbocycles. The average molecular weight is 367 g/mol. The number of nitrogens with one attached hydrogen (secondary N) is 1. The molecule has 0 aromatic heterocycles. The first-order chi connectivity index (χ1) is 13.1. The summed E-state index contributed by atoms with van der Waals surface area (Å²) in [6.45, 7) is 8.36.